The molecule has 80 valence electrons. The van der Waals surface area contributed by atoms with Crippen LogP contribution in [0.15, 0.2) is 0 Å². The first-order valence-corrected chi connectivity index (χ1v) is 4.63. The molecule has 1 unspecified atom stereocenters. The molecule has 0 aliphatic carbocycles. The zero-order chi connectivity index (χ0) is 10.9. The Balaban J connectivity index is 2.72. The SMILES string of the molecule is CC1CN(C(C)(C)CC(=O)O)C(=O)N1. The van der Waals surface area contributed by atoms with Crippen LogP contribution in [-0.2, 0) is 4.79 Å². The number of aliphatic carboxylic acids is 1. The lowest BCUT2D eigenvalue weighted by Gasteiger charge is -2.33. The van der Waals surface area contributed by atoms with E-state index in [0.717, 1.165) is 0 Å². The molecule has 0 aromatic carbocycles. The fourth-order valence-electron chi connectivity index (χ4n) is 1.68. The third-order valence-corrected chi connectivity index (χ3v) is 2.39. The van der Waals surface area contributed by atoms with E-state index in [1.54, 1.807) is 18.7 Å². The molecule has 1 rings (SSSR count). The second kappa shape index (κ2) is 3.48. The molecule has 1 aliphatic rings. The number of rotatable bonds is 3. The van der Waals surface area contributed by atoms with Gasteiger partial charge < -0.3 is 15.3 Å². The number of amides is 2. The number of hydrogen-bond donors (Lipinski definition) is 2. The van der Waals surface area contributed by atoms with Crippen molar-refractivity contribution in [2.75, 3.05) is 6.54 Å². The van der Waals surface area contributed by atoms with Crippen LogP contribution in [0.2, 0.25) is 0 Å². The minimum Gasteiger partial charge on any atom is -0.481 e. The highest BCUT2D eigenvalue weighted by atomic mass is 16.4. The maximum absolute atomic E-state index is 11.4. The highest BCUT2D eigenvalue weighted by molar-refractivity contribution is 5.79. The van der Waals surface area contributed by atoms with Crippen LogP contribution >= 0.6 is 0 Å². The molecular formula is C9H16N2O3. The summed E-state index contributed by atoms with van der Waals surface area (Å²) in [5.74, 6) is -0.887. The number of nitrogens with one attached hydrogen (secondary N) is 1. The lowest BCUT2D eigenvalue weighted by atomic mass is 9.98. The normalized spacial score (nSPS) is 22.4. The van der Waals surface area contributed by atoms with Crippen LogP contribution in [0.4, 0.5) is 4.79 Å². The smallest absolute Gasteiger partial charge is 0.318 e. The van der Waals surface area contributed by atoms with Gasteiger partial charge in [-0.3, -0.25) is 4.79 Å². The molecule has 0 radical (unpaired) electrons. The second-order valence-corrected chi connectivity index (χ2v) is 4.34. The third-order valence-electron chi connectivity index (χ3n) is 2.39. The predicted molar refractivity (Wildman–Crippen MR) is 51.0 cm³/mol. The van der Waals surface area contributed by atoms with Crippen LogP contribution in [0, 0.1) is 0 Å². The van der Waals surface area contributed by atoms with E-state index in [1.807, 2.05) is 6.92 Å². The Labute approximate surface area is 83.1 Å². The van der Waals surface area contributed by atoms with Crippen molar-refractivity contribution >= 4 is 12.0 Å². The van der Waals surface area contributed by atoms with Gasteiger partial charge in [-0.05, 0) is 20.8 Å². The van der Waals surface area contributed by atoms with Gasteiger partial charge in [0.1, 0.15) is 0 Å². The van der Waals surface area contributed by atoms with Crippen LogP contribution in [0.25, 0.3) is 0 Å². The van der Waals surface area contributed by atoms with E-state index in [4.69, 9.17) is 5.11 Å². The van der Waals surface area contributed by atoms with Gasteiger partial charge in [-0.15, -0.1) is 0 Å². The van der Waals surface area contributed by atoms with Gasteiger partial charge in [0.15, 0.2) is 0 Å². The average molecular weight is 200 g/mol. The van der Waals surface area contributed by atoms with Gasteiger partial charge >= 0.3 is 12.0 Å². The van der Waals surface area contributed by atoms with Crippen LogP contribution < -0.4 is 5.32 Å². The van der Waals surface area contributed by atoms with Crippen molar-refractivity contribution in [2.24, 2.45) is 0 Å². The number of nitrogens with zero attached hydrogens (tertiary/aromatic N) is 1. The average Bonchev–Trinajstić information content (AvgIpc) is 2.27. The molecule has 2 amide bonds. The minimum atomic E-state index is -0.887. The summed E-state index contributed by atoms with van der Waals surface area (Å²) < 4.78 is 0. The maximum Gasteiger partial charge on any atom is 0.318 e. The van der Waals surface area contributed by atoms with Crippen LogP contribution in [-0.4, -0.2) is 40.1 Å². The van der Waals surface area contributed by atoms with Gasteiger partial charge in [0.25, 0.3) is 0 Å². The van der Waals surface area contributed by atoms with E-state index in [1.165, 1.54) is 0 Å². The van der Waals surface area contributed by atoms with Gasteiger partial charge in [0.05, 0.1) is 6.42 Å². The fourth-order valence-corrected chi connectivity index (χ4v) is 1.68. The molecule has 5 nitrogen and oxygen atoms in total. The lowest BCUT2D eigenvalue weighted by Crippen LogP contribution is -2.47. The van der Waals surface area contributed by atoms with Crippen molar-refractivity contribution < 1.29 is 14.7 Å². The topological polar surface area (TPSA) is 69.6 Å². The summed E-state index contributed by atoms with van der Waals surface area (Å²) in [7, 11) is 0. The molecule has 1 fully saturated rings. The van der Waals surface area contributed by atoms with Gasteiger partial charge in [-0.25, -0.2) is 4.79 Å². The third kappa shape index (κ3) is 2.16. The zero-order valence-corrected chi connectivity index (χ0v) is 8.70. The minimum absolute atomic E-state index is 0.0346. The lowest BCUT2D eigenvalue weighted by molar-refractivity contribution is -0.139. The largest absolute Gasteiger partial charge is 0.481 e. The highest BCUT2D eigenvalue weighted by Gasteiger charge is 2.38. The second-order valence-electron chi connectivity index (χ2n) is 4.34. The monoisotopic (exact) mass is 200 g/mol. The molecule has 1 atom stereocenters. The molecule has 0 aromatic heterocycles. The van der Waals surface area contributed by atoms with Crippen molar-refractivity contribution in [3.8, 4) is 0 Å². The van der Waals surface area contributed by atoms with Crippen molar-refractivity contribution in [1.29, 1.82) is 0 Å². The molecule has 1 heterocycles. The van der Waals surface area contributed by atoms with Crippen molar-refractivity contribution in [1.82, 2.24) is 10.2 Å². The number of carbonyl (C=O) groups excluding carboxylic acids is 1. The summed E-state index contributed by atoms with van der Waals surface area (Å²) in [6.07, 6.45) is -0.0346. The van der Waals surface area contributed by atoms with E-state index in [9.17, 15) is 9.59 Å². The number of carboxylic acid groups (broad SMARTS) is 1. The molecule has 0 saturated carbocycles. The summed E-state index contributed by atoms with van der Waals surface area (Å²) in [4.78, 5) is 23.6. The Morgan fingerprint density at radius 1 is 1.71 bits per heavy atom. The van der Waals surface area contributed by atoms with Crippen LogP contribution in [0.5, 0.6) is 0 Å². The molecule has 2 N–H and O–H groups in total. The first-order valence-electron chi connectivity index (χ1n) is 4.63. The Morgan fingerprint density at radius 2 is 2.29 bits per heavy atom. The molecule has 0 aromatic rings. The summed E-state index contributed by atoms with van der Waals surface area (Å²) >= 11 is 0. The molecular weight excluding hydrogens is 184 g/mol. The highest BCUT2D eigenvalue weighted by Crippen LogP contribution is 2.22. The summed E-state index contributed by atoms with van der Waals surface area (Å²) in [5.41, 5.74) is -0.624. The van der Waals surface area contributed by atoms with E-state index in [0.29, 0.717) is 6.54 Å². The number of hydrogen-bond acceptors (Lipinski definition) is 2. The van der Waals surface area contributed by atoms with Crippen LogP contribution in [0.1, 0.15) is 27.2 Å². The number of carboxylic acids is 1. The summed E-state index contributed by atoms with van der Waals surface area (Å²) in [6, 6.07) is -0.0840. The molecule has 0 spiro atoms. The van der Waals surface area contributed by atoms with Gasteiger partial charge in [-0.2, -0.15) is 0 Å². The first-order chi connectivity index (χ1) is 6.33. The predicted octanol–water partition coefficient (Wildman–Crippen LogP) is 0.653. The van der Waals surface area contributed by atoms with Crippen molar-refractivity contribution in [2.45, 2.75) is 38.8 Å². The Kier molecular flexibility index (Phi) is 2.69. The van der Waals surface area contributed by atoms with Crippen molar-refractivity contribution in [3.05, 3.63) is 0 Å². The van der Waals surface area contributed by atoms with E-state index in [2.05, 4.69) is 5.32 Å². The van der Waals surface area contributed by atoms with E-state index < -0.39 is 11.5 Å². The van der Waals surface area contributed by atoms with Gasteiger partial charge in [-0.1, -0.05) is 0 Å². The Bertz CT molecular complexity index is 263. The quantitative estimate of drug-likeness (QED) is 0.702. The summed E-state index contributed by atoms with van der Waals surface area (Å²) in [5, 5.41) is 11.4. The van der Waals surface area contributed by atoms with Crippen LogP contribution in [0.3, 0.4) is 0 Å². The molecule has 1 saturated heterocycles. The molecule has 1 aliphatic heterocycles. The fraction of sp³-hybridized carbons (Fsp3) is 0.778. The van der Waals surface area contributed by atoms with E-state index >= 15 is 0 Å². The first kappa shape index (κ1) is 10.8. The Morgan fingerprint density at radius 3 is 2.64 bits per heavy atom. The maximum atomic E-state index is 11.4. The zero-order valence-electron chi connectivity index (χ0n) is 8.70. The van der Waals surface area contributed by atoms with Gasteiger partial charge in [0, 0.05) is 18.1 Å². The number of urea groups is 1. The number of carbonyl (C=O) groups is 2. The van der Waals surface area contributed by atoms with Gasteiger partial charge in [0.2, 0.25) is 0 Å². The summed E-state index contributed by atoms with van der Waals surface area (Å²) in [6.45, 7) is 5.99. The molecule has 14 heavy (non-hydrogen) atoms. The molecule has 5 heteroatoms. The van der Waals surface area contributed by atoms with Crippen molar-refractivity contribution in [3.63, 3.8) is 0 Å². The Hall–Kier alpha value is -1.26. The standard InChI is InChI=1S/C9H16N2O3/c1-6-5-11(8(14)10-6)9(2,3)4-7(12)13/h6H,4-5H2,1-3H3,(H,10,14)(H,12,13). The van der Waals surface area contributed by atoms with E-state index in [-0.39, 0.29) is 18.5 Å². The molecule has 0 bridgehead atoms.